The molecule has 5 heteroatoms. The third-order valence-corrected chi connectivity index (χ3v) is 3.87. The van der Waals surface area contributed by atoms with E-state index >= 15 is 0 Å². The van der Waals surface area contributed by atoms with E-state index in [4.69, 9.17) is 9.47 Å². The molecule has 0 saturated heterocycles. The van der Waals surface area contributed by atoms with Crippen LogP contribution in [0.1, 0.15) is 24.6 Å². The third kappa shape index (κ3) is 5.92. The Labute approximate surface area is 155 Å². The Balaban J connectivity index is 1.93. The molecule has 1 heterocycles. The van der Waals surface area contributed by atoms with Crippen LogP contribution in [0, 0.1) is 0 Å². The zero-order valence-corrected chi connectivity index (χ0v) is 15.6. The van der Waals surface area contributed by atoms with Crippen molar-refractivity contribution >= 4 is 12.0 Å². The van der Waals surface area contributed by atoms with Crippen molar-refractivity contribution in [1.29, 1.82) is 0 Å². The molecule has 26 heavy (non-hydrogen) atoms. The summed E-state index contributed by atoms with van der Waals surface area (Å²) in [5.41, 5.74) is 1.86. The molecule has 0 atom stereocenters. The van der Waals surface area contributed by atoms with Gasteiger partial charge in [0.15, 0.2) is 11.5 Å². The van der Waals surface area contributed by atoms with Gasteiger partial charge in [-0.05, 0) is 42.3 Å². The fourth-order valence-corrected chi connectivity index (χ4v) is 2.35. The highest BCUT2D eigenvalue weighted by Crippen LogP contribution is 2.28. The van der Waals surface area contributed by atoms with Gasteiger partial charge in [0.25, 0.3) is 0 Å². The summed E-state index contributed by atoms with van der Waals surface area (Å²) in [6.07, 6.45) is 6.78. The number of carbonyl (C=O) groups excluding carboxylic acids is 1. The van der Waals surface area contributed by atoms with E-state index in [-0.39, 0.29) is 5.91 Å². The molecule has 2 aromatic rings. The van der Waals surface area contributed by atoms with Crippen molar-refractivity contribution in [2.75, 3.05) is 27.3 Å². The molecule has 0 unspecified atom stereocenters. The number of ether oxygens (including phenoxy) is 2. The standard InChI is InChI=1S/C21H26N2O3/c1-4-15-26-19-10-8-17(16-20(19)25-3)9-11-21(24)23(2)14-12-18-7-5-6-13-22-18/h5-11,13,16H,4,12,14-15H2,1-3H3. The van der Waals surface area contributed by atoms with Gasteiger partial charge in [-0.1, -0.05) is 19.1 Å². The van der Waals surface area contributed by atoms with Crippen LogP contribution in [-0.4, -0.2) is 43.1 Å². The van der Waals surface area contributed by atoms with Crippen molar-refractivity contribution < 1.29 is 14.3 Å². The van der Waals surface area contributed by atoms with Crippen LogP contribution in [0.5, 0.6) is 11.5 Å². The van der Waals surface area contributed by atoms with Gasteiger partial charge in [0.2, 0.25) is 5.91 Å². The van der Waals surface area contributed by atoms with Crippen molar-refractivity contribution in [1.82, 2.24) is 9.88 Å². The highest BCUT2D eigenvalue weighted by molar-refractivity contribution is 5.91. The SMILES string of the molecule is CCCOc1ccc(C=CC(=O)N(C)CCc2ccccn2)cc1OC. The molecule has 1 aromatic heterocycles. The number of nitrogens with zero attached hydrogens (tertiary/aromatic N) is 2. The van der Waals surface area contributed by atoms with Crippen LogP contribution in [0.4, 0.5) is 0 Å². The molecule has 1 amide bonds. The van der Waals surface area contributed by atoms with Crippen LogP contribution in [-0.2, 0) is 11.2 Å². The van der Waals surface area contributed by atoms with Crippen molar-refractivity contribution in [2.45, 2.75) is 19.8 Å². The van der Waals surface area contributed by atoms with Crippen LogP contribution < -0.4 is 9.47 Å². The molecule has 2 rings (SSSR count). The van der Waals surface area contributed by atoms with E-state index in [1.54, 1.807) is 37.4 Å². The first-order chi connectivity index (χ1) is 12.6. The molecule has 0 radical (unpaired) electrons. The van der Waals surface area contributed by atoms with Gasteiger partial charge in [0.05, 0.1) is 13.7 Å². The van der Waals surface area contributed by atoms with Crippen LogP contribution in [0.2, 0.25) is 0 Å². The molecule has 0 saturated carbocycles. The van der Waals surface area contributed by atoms with Gasteiger partial charge in [-0.25, -0.2) is 0 Å². The number of methoxy groups -OCH3 is 1. The first-order valence-corrected chi connectivity index (χ1v) is 8.78. The topological polar surface area (TPSA) is 51.7 Å². The minimum atomic E-state index is -0.0498. The molecular formula is C21H26N2O3. The van der Waals surface area contributed by atoms with Gasteiger partial charge in [0, 0.05) is 38.0 Å². The summed E-state index contributed by atoms with van der Waals surface area (Å²) < 4.78 is 11.0. The number of likely N-dealkylation sites (N-methyl/N-ethyl adjacent to an activating group) is 1. The molecule has 0 aliphatic rings. The minimum absolute atomic E-state index is 0.0498. The van der Waals surface area contributed by atoms with E-state index in [0.717, 1.165) is 24.1 Å². The molecule has 5 nitrogen and oxygen atoms in total. The van der Waals surface area contributed by atoms with Crippen LogP contribution in [0.25, 0.3) is 6.08 Å². The second kappa shape index (κ2) is 10.2. The normalized spacial score (nSPS) is 10.7. The van der Waals surface area contributed by atoms with Crippen LogP contribution in [0.15, 0.2) is 48.7 Å². The monoisotopic (exact) mass is 354 g/mol. The minimum Gasteiger partial charge on any atom is -0.493 e. The number of benzene rings is 1. The lowest BCUT2D eigenvalue weighted by atomic mass is 10.2. The fraction of sp³-hybridized carbons (Fsp3) is 0.333. The van der Waals surface area contributed by atoms with Crippen molar-refractivity contribution in [3.8, 4) is 11.5 Å². The van der Waals surface area contributed by atoms with Crippen molar-refractivity contribution in [3.63, 3.8) is 0 Å². The largest absolute Gasteiger partial charge is 0.493 e. The van der Waals surface area contributed by atoms with Gasteiger partial charge in [-0.2, -0.15) is 0 Å². The smallest absolute Gasteiger partial charge is 0.246 e. The number of hydrogen-bond donors (Lipinski definition) is 0. The molecule has 0 N–H and O–H groups in total. The summed E-state index contributed by atoms with van der Waals surface area (Å²) in [6.45, 7) is 3.32. The summed E-state index contributed by atoms with van der Waals surface area (Å²) in [6, 6.07) is 11.4. The lowest BCUT2D eigenvalue weighted by molar-refractivity contribution is -0.124. The second-order valence-electron chi connectivity index (χ2n) is 5.92. The molecule has 138 valence electrons. The highest BCUT2D eigenvalue weighted by atomic mass is 16.5. The Morgan fingerprint density at radius 3 is 2.77 bits per heavy atom. The number of rotatable bonds is 9. The lowest BCUT2D eigenvalue weighted by Gasteiger charge is -2.14. The van der Waals surface area contributed by atoms with Gasteiger partial charge in [0.1, 0.15) is 0 Å². The van der Waals surface area contributed by atoms with Gasteiger partial charge < -0.3 is 14.4 Å². The first kappa shape index (κ1) is 19.5. The van der Waals surface area contributed by atoms with Crippen molar-refractivity contribution in [2.24, 2.45) is 0 Å². The Kier molecular flexibility index (Phi) is 7.68. The van der Waals surface area contributed by atoms with Crippen molar-refractivity contribution in [3.05, 3.63) is 59.9 Å². The van der Waals surface area contributed by atoms with E-state index in [0.29, 0.717) is 24.7 Å². The summed E-state index contributed by atoms with van der Waals surface area (Å²) >= 11 is 0. The van der Waals surface area contributed by atoms with E-state index < -0.39 is 0 Å². The highest BCUT2D eigenvalue weighted by Gasteiger charge is 2.07. The molecular weight excluding hydrogens is 328 g/mol. The van der Waals surface area contributed by atoms with Gasteiger partial charge in [-0.15, -0.1) is 0 Å². The Morgan fingerprint density at radius 2 is 2.08 bits per heavy atom. The number of hydrogen-bond acceptors (Lipinski definition) is 4. The maximum atomic E-state index is 12.3. The van der Waals surface area contributed by atoms with Crippen LogP contribution >= 0.6 is 0 Å². The summed E-state index contributed by atoms with van der Waals surface area (Å²) in [4.78, 5) is 18.2. The molecule has 1 aromatic carbocycles. The predicted octanol–water partition coefficient (Wildman–Crippen LogP) is 3.59. The number of pyridine rings is 1. The summed E-state index contributed by atoms with van der Waals surface area (Å²) in [5, 5.41) is 0. The zero-order chi connectivity index (χ0) is 18.8. The average molecular weight is 354 g/mol. The number of carbonyl (C=O) groups is 1. The fourth-order valence-electron chi connectivity index (χ4n) is 2.35. The molecule has 0 aliphatic carbocycles. The number of amides is 1. The zero-order valence-electron chi connectivity index (χ0n) is 15.6. The predicted molar refractivity (Wildman–Crippen MR) is 103 cm³/mol. The van der Waals surface area contributed by atoms with Crippen LogP contribution in [0.3, 0.4) is 0 Å². The molecule has 0 aliphatic heterocycles. The number of aromatic nitrogens is 1. The summed E-state index contributed by atoms with van der Waals surface area (Å²) in [7, 11) is 3.40. The van der Waals surface area contributed by atoms with Gasteiger partial charge >= 0.3 is 0 Å². The quantitative estimate of drug-likeness (QED) is 0.646. The molecule has 0 fully saturated rings. The Bertz CT molecular complexity index is 729. The lowest BCUT2D eigenvalue weighted by Crippen LogP contribution is -2.27. The van der Waals surface area contributed by atoms with E-state index in [1.807, 2.05) is 36.4 Å². The molecule has 0 spiro atoms. The average Bonchev–Trinajstić information content (AvgIpc) is 2.69. The van der Waals surface area contributed by atoms with Gasteiger partial charge in [-0.3, -0.25) is 9.78 Å². The Hall–Kier alpha value is -2.82. The third-order valence-electron chi connectivity index (χ3n) is 3.87. The van der Waals surface area contributed by atoms with E-state index in [2.05, 4.69) is 11.9 Å². The maximum Gasteiger partial charge on any atom is 0.246 e. The summed E-state index contributed by atoms with van der Waals surface area (Å²) in [5.74, 6) is 1.33. The van der Waals surface area contributed by atoms with E-state index in [1.165, 1.54) is 0 Å². The molecule has 0 bridgehead atoms. The Morgan fingerprint density at radius 1 is 1.23 bits per heavy atom. The van der Waals surface area contributed by atoms with E-state index in [9.17, 15) is 4.79 Å². The first-order valence-electron chi connectivity index (χ1n) is 8.78. The second-order valence-corrected chi connectivity index (χ2v) is 5.92. The maximum absolute atomic E-state index is 12.3.